The Bertz CT molecular complexity index is 458. The molecule has 118 valence electrons. The van der Waals surface area contributed by atoms with Crippen molar-refractivity contribution in [1.82, 2.24) is 25.0 Å². The smallest absolute Gasteiger partial charge is 0.194 e. The number of hydrogen-bond donors (Lipinski definition) is 1. The number of ether oxygens (including phenoxy) is 1. The molecule has 1 fully saturated rings. The van der Waals surface area contributed by atoms with Gasteiger partial charge in [0, 0.05) is 39.2 Å². The standard InChI is InChI=1S/C14H26N6O/c1-4-15-14(20-7-6-12(9-20)10-21-3)16-8-13-18-17-11-19(13)5-2/h11-12H,4-10H2,1-3H3,(H,15,16). The first-order valence-electron chi connectivity index (χ1n) is 7.67. The number of aromatic nitrogens is 3. The Hall–Kier alpha value is -1.63. The van der Waals surface area contributed by atoms with E-state index in [4.69, 9.17) is 9.73 Å². The Morgan fingerprint density at radius 2 is 2.38 bits per heavy atom. The van der Waals surface area contributed by atoms with E-state index in [1.54, 1.807) is 13.4 Å². The average molecular weight is 294 g/mol. The summed E-state index contributed by atoms with van der Waals surface area (Å²) in [6.07, 6.45) is 2.91. The SMILES string of the molecule is CCNC(=NCc1nncn1CC)N1CCC(COC)C1. The molecule has 0 aromatic carbocycles. The van der Waals surface area contributed by atoms with Crippen LogP contribution < -0.4 is 5.32 Å². The van der Waals surface area contributed by atoms with Gasteiger partial charge in [-0.15, -0.1) is 10.2 Å². The van der Waals surface area contributed by atoms with Crippen molar-refractivity contribution in [3.05, 3.63) is 12.2 Å². The molecular formula is C14H26N6O. The molecule has 2 heterocycles. The first-order valence-corrected chi connectivity index (χ1v) is 7.67. The molecule has 0 amide bonds. The fraction of sp³-hybridized carbons (Fsp3) is 0.786. The Balaban J connectivity index is 2.00. The van der Waals surface area contributed by atoms with Crippen LogP contribution in [0.2, 0.25) is 0 Å². The van der Waals surface area contributed by atoms with E-state index < -0.39 is 0 Å². The molecule has 1 N–H and O–H groups in total. The van der Waals surface area contributed by atoms with E-state index >= 15 is 0 Å². The van der Waals surface area contributed by atoms with Crippen LogP contribution in [-0.2, 0) is 17.8 Å². The number of hydrogen-bond acceptors (Lipinski definition) is 4. The first kappa shape index (κ1) is 15.8. The molecule has 1 atom stereocenters. The van der Waals surface area contributed by atoms with Crippen molar-refractivity contribution in [1.29, 1.82) is 0 Å². The Morgan fingerprint density at radius 1 is 1.52 bits per heavy atom. The fourth-order valence-corrected chi connectivity index (χ4v) is 2.63. The van der Waals surface area contributed by atoms with E-state index in [2.05, 4.69) is 34.3 Å². The van der Waals surface area contributed by atoms with Crippen LogP contribution in [0.1, 0.15) is 26.1 Å². The van der Waals surface area contributed by atoms with Crippen molar-refractivity contribution in [2.24, 2.45) is 10.9 Å². The van der Waals surface area contributed by atoms with Crippen LogP contribution in [0.25, 0.3) is 0 Å². The van der Waals surface area contributed by atoms with Gasteiger partial charge in [0.05, 0.1) is 6.61 Å². The van der Waals surface area contributed by atoms with Gasteiger partial charge in [0.2, 0.25) is 0 Å². The number of aryl methyl sites for hydroxylation is 1. The van der Waals surface area contributed by atoms with Crippen molar-refractivity contribution in [3.8, 4) is 0 Å². The number of guanidine groups is 1. The third kappa shape index (κ3) is 4.17. The second-order valence-corrected chi connectivity index (χ2v) is 5.26. The lowest BCUT2D eigenvalue weighted by Crippen LogP contribution is -2.40. The fourth-order valence-electron chi connectivity index (χ4n) is 2.63. The van der Waals surface area contributed by atoms with Crippen molar-refractivity contribution >= 4 is 5.96 Å². The molecule has 1 aromatic rings. The highest BCUT2D eigenvalue weighted by molar-refractivity contribution is 5.80. The van der Waals surface area contributed by atoms with Gasteiger partial charge in [-0.05, 0) is 20.3 Å². The number of nitrogens with zero attached hydrogens (tertiary/aromatic N) is 5. The number of methoxy groups -OCH3 is 1. The number of aliphatic imine (C=N–C) groups is 1. The van der Waals surface area contributed by atoms with Gasteiger partial charge < -0.3 is 19.5 Å². The molecule has 0 aliphatic carbocycles. The van der Waals surface area contributed by atoms with Crippen LogP contribution in [0.15, 0.2) is 11.3 Å². The molecule has 2 rings (SSSR count). The minimum atomic E-state index is 0.557. The van der Waals surface area contributed by atoms with E-state index in [1.807, 2.05) is 4.57 Å². The van der Waals surface area contributed by atoms with E-state index in [0.717, 1.165) is 51.0 Å². The molecule has 1 aromatic heterocycles. The Labute approximate surface area is 126 Å². The normalized spacial score (nSPS) is 19.3. The second kappa shape index (κ2) is 7.97. The highest BCUT2D eigenvalue weighted by atomic mass is 16.5. The van der Waals surface area contributed by atoms with Gasteiger partial charge >= 0.3 is 0 Å². The minimum absolute atomic E-state index is 0.557. The zero-order valence-corrected chi connectivity index (χ0v) is 13.2. The van der Waals surface area contributed by atoms with Crippen LogP contribution >= 0.6 is 0 Å². The maximum absolute atomic E-state index is 5.25. The van der Waals surface area contributed by atoms with E-state index in [-0.39, 0.29) is 0 Å². The molecule has 1 unspecified atom stereocenters. The quantitative estimate of drug-likeness (QED) is 0.619. The Morgan fingerprint density at radius 3 is 3.10 bits per heavy atom. The molecule has 21 heavy (non-hydrogen) atoms. The summed E-state index contributed by atoms with van der Waals surface area (Å²) in [5.41, 5.74) is 0. The van der Waals surface area contributed by atoms with Crippen molar-refractivity contribution in [2.75, 3.05) is 33.4 Å². The van der Waals surface area contributed by atoms with Gasteiger partial charge in [0.25, 0.3) is 0 Å². The molecule has 0 radical (unpaired) electrons. The zero-order valence-electron chi connectivity index (χ0n) is 13.2. The molecule has 1 saturated heterocycles. The van der Waals surface area contributed by atoms with Crippen LogP contribution in [0.4, 0.5) is 0 Å². The molecule has 1 aliphatic rings. The van der Waals surface area contributed by atoms with Gasteiger partial charge in [-0.25, -0.2) is 4.99 Å². The number of rotatable bonds is 6. The van der Waals surface area contributed by atoms with Gasteiger partial charge in [-0.1, -0.05) is 0 Å². The summed E-state index contributed by atoms with van der Waals surface area (Å²) in [5, 5.41) is 11.4. The zero-order chi connectivity index (χ0) is 15.1. The molecule has 1 aliphatic heterocycles. The molecular weight excluding hydrogens is 268 g/mol. The monoisotopic (exact) mass is 294 g/mol. The summed E-state index contributed by atoms with van der Waals surface area (Å²) < 4.78 is 7.27. The topological polar surface area (TPSA) is 67.6 Å². The lowest BCUT2D eigenvalue weighted by atomic mass is 10.1. The lowest BCUT2D eigenvalue weighted by molar-refractivity contribution is 0.157. The molecule has 7 nitrogen and oxygen atoms in total. The molecule has 7 heteroatoms. The highest BCUT2D eigenvalue weighted by Crippen LogP contribution is 2.16. The summed E-state index contributed by atoms with van der Waals surface area (Å²) in [4.78, 5) is 7.01. The van der Waals surface area contributed by atoms with Crippen LogP contribution in [-0.4, -0.2) is 59.0 Å². The van der Waals surface area contributed by atoms with Crippen molar-refractivity contribution in [3.63, 3.8) is 0 Å². The third-order valence-electron chi connectivity index (χ3n) is 3.73. The van der Waals surface area contributed by atoms with Crippen molar-refractivity contribution in [2.45, 2.75) is 33.4 Å². The highest BCUT2D eigenvalue weighted by Gasteiger charge is 2.24. The van der Waals surface area contributed by atoms with Gasteiger partial charge in [0.1, 0.15) is 12.9 Å². The summed E-state index contributed by atoms with van der Waals surface area (Å²) in [7, 11) is 1.76. The molecule has 0 spiro atoms. The Kier molecular flexibility index (Phi) is 5.98. The second-order valence-electron chi connectivity index (χ2n) is 5.26. The van der Waals surface area contributed by atoms with Crippen LogP contribution in [0, 0.1) is 5.92 Å². The molecule has 0 saturated carbocycles. The largest absolute Gasteiger partial charge is 0.384 e. The predicted molar refractivity (Wildman–Crippen MR) is 82.1 cm³/mol. The van der Waals surface area contributed by atoms with Gasteiger partial charge in [-0.2, -0.15) is 0 Å². The number of likely N-dealkylation sites (tertiary alicyclic amines) is 1. The van der Waals surface area contributed by atoms with Crippen molar-refractivity contribution < 1.29 is 4.74 Å². The summed E-state index contributed by atoms with van der Waals surface area (Å²) in [5.74, 6) is 2.46. The maximum Gasteiger partial charge on any atom is 0.194 e. The van der Waals surface area contributed by atoms with E-state index in [9.17, 15) is 0 Å². The first-order chi connectivity index (χ1) is 10.3. The third-order valence-corrected chi connectivity index (χ3v) is 3.73. The molecule has 0 bridgehead atoms. The van der Waals surface area contributed by atoms with Gasteiger partial charge in [0.15, 0.2) is 11.8 Å². The van der Waals surface area contributed by atoms with Crippen LogP contribution in [0.5, 0.6) is 0 Å². The van der Waals surface area contributed by atoms with Gasteiger partial charge in [-0.3, -0.25) is 0 Å². The van der Waals surface area contributed by atoms with E-state index in [1.165, 1.54) is 0 Å². The lowest BCUT2D eigenvalue weighted by Gasteiger charge is -2.21. The maximum atomic E-state index is 5.25. The summed E-state index contributed by atoms with van der Waals surface area (Å²) >= 11 is 0. The minimum Gasteiger partial charge on any atom is -0.384 e. The van der Waals surface area contributed by atoms with Crippen LogP contribution in [0.3, 0.4) is 0 Å². The average Bonchev–Trinajstić information content (AvgIpc) is 3.12. The summed E-state index contributed by atoms with van der Waals surface area (Å²) in [6.45, 7) is 9.31. The number of nitrogens with one attached hydrogen (secondary N) is 1. The van der Waals surface area contributed by atoms with E-state index in [0.29, 0.717) is 12.5 Å². The summed E-state index contributed by atoms with van der Waals surface area (Å²) in [6, 6.07) is 0. The predicted octanol–water partition coefficient (Wildman–Crippen LogP) is 0.732.